The molecule has 0 fully saturated rings. The van der Waals surface area contributed by atoms with E-state index in [-0.39, 0.29) is 5.82 Å². The zero-order chi connectivity index (χ0) is 14.5. The molecule has 2 aromatic carbocycles. The number of halogens is 1. The predicted molar refractivity (Wildman–Crippen MR) is 82.7 cm³/mol. The zero-order valence-corrected chi connectivity index (χ0v) is 11.4. The highest BCUT2D eigenvalue weighted by Gasteiger charge is 2.05. The van der Waals surface area contributed by atoms with Crippen molar-refractivity contribution in [2.24, 2.45) is 0 Å². The molecule has 1 heterocycles. The molecule has 3 aromatic rings. The van der Waals surface area contributed by atoms with Gasteiger partial charge in [-0.2, -0.15) is 0 Å². The van der Waals surface area contributed by atoms with Crippen LogP contribution in [0.1, 0.15) is 5.56 Å². The molecule has 0 bridgehead atoms. The fourth-order valence-electron chi connectivity index (χ4n) is 2.13. The first-order valence-electron chi connectivity index (χ1n) is 6.72. The van der Waals surface area contributed by atoms with Crippen LogP contribution in [0.3, 0.4) is 0 Å². The van der Waals surface area contributed by atoms with Gasteiger partial charge in [-0.05, 0) is 29.8 Å². The average molecular weight is 279 g/mol. The number of fused-ring (bicyclic) bond motifs is 1. The highest BCUT2D eigenvalue weighted by molar-refractivity contribution is 5.85. The maximum Gasteiger partial charge on any atom is 0.149 e. The van der Waals surface area contributed by atoms with Crippen LogP contribution in [0.5, 0.6) is 5.75 Å². The molecule has 3 rings (SSSR count). The summed E-state index contributed by atoms with van der Waals surface area (Å²) in [5.74, 6) is 0.301. The summed E-state index contributed by atoms with van der Waals surface area (Å²) in [5, 5.41) is 0.686. The summed E-state index contributed by atoms with van der Waals surface area (Å²) in [6.45, 7) is 0.421. The standard InChI is InChI=1S/C18H14FNO/c19-16-10-4-9-15-17(11-12-20-18(15)16)21-13-5-8-14-6-2-1-3-7-14/h1-12H,13H2/b8-5+. The van der Waals surface area contributed by atoms with Gasteiger partial charge >= 0.3 is 0 Å². The summed E-state index contributed by atoms with van der Waals surface area (Å²) in [5.41, 5.74) is 1.45. The second-order valence-corrected chi connectivity index (χ2v) is 4.57. The van der Waals surface area contributed by atoms with E-state index in [4.69, 9.17) is 4.74 Å². The Morgan fingerprint density at radius 1 is 1.00 bits per heavy atom. The first-order valence-corrected chi connectivity index (χ1v) is 6.72. The minimum Gasteiger partial charge on any atom is -0.489 e. The summed E-state index contributed by atoms with van der Waals surface area (Å²) in [4.78, 5) is 4.04. The first-order chi connectivity index (χ1) is 10.3. The van der Waals surface area contributed by atoms with Crippen molar-refractivity contribution in [1.82, 2.24) is 4.98 Å². The molecule has 0 saturated heterocycles. The largest absolute Gasteiger partial charge is 0.489 e. The topological polar surface area (TPSA) is 22.1 Å². The molecule has 0 N–H and O–H groups in total. The molecule has 0 aliphatic rings. The summed E-state index contributed by atoms with van der Waals surface area (Å²) in [6.07, 6.45) is 5.48. The van der Waals surface area contributed by atoms with Gasteiger partial charge in [-0.1, -0.05) is 42.5 Å². The minimum absolute atomic E-state index is 0.335. The Morgan fingerprint density at radius 3 is 2.71 bits per heavy atom. The van der Waals surface area contributed by atoms with Crippen molar-refractivity contribution in [3.05, 3.63) is 78.3 Å². The van der Waals surface area contributed by atoms with Gasteiger partial charge in [0, 0.05) is 11.6 Å². The summed E-state index contributed by atoms with van der Waals surface area (Å²) >= 11 is 0. The lowest BCUT2D eigenvalue weighted by atomic mass is 10.2. The van der Waals surface area contributed by atoms with Crippen LogP contribution in [0.15, 0.2) is 66.9 Å². The van der Waals surface area contributed by atoms with Crippen molar-refractivity contribution in [2.45, 2.75) is 0 Å². The van der Waals surface area contributed by atoms with E-state index in [1.807, 2.05) is 48.6 Å². The van der Waals surface area contributed by atoms with Gasteiger partial charge in [0.25, 0.3) is 0 Å². The van der Waals surface area contributed by atoms with Crippen LogP contribution in [0.4, 0.5) is 4.39 Å². The van der Waals surface area contributed by atoms with Gasteiger partial charge in [0.1, 0.15) is 23.7 Å². The molecule has 0 spiro atoms. The smallest absolute Gasteiger partial charge is 0.149 e. The van der Waals surface area contributed by atoms with Crippen LogP contribution in [-0.4, -0.2) is 11.6 Å². The lowest BCUT2D eigenvalue weighted by molar-refractivity contribution is 0.367. The summed E-state index contributed by atoms with van der Waals surface area (Å²) in [6, 6.07) is 16.6. The normalized spacial score (nSPS) is 11.1. The molecule has 0 radical (unpaired) electrons. The van der Waals surface area contributed by atoms with Gasteiger partial charge in [0.2, 0.25) is 0 Å². The number of hydrogen-bond donors (Lipinski definition) is 0. The van der Waals surface area contributed by atoms with E-state index in [0.29, 0.717) is 23.3 Å². The number of hydrogen-bond acceptors (Lipinski definition) is 2. The third-order valence-corrected chi connectivity index (χ3v) is 3.13. The molecule has 21 heavy (non-hydrogen) atoms. The summed E-state index contributed by atoms with van der Waals surface area (Å²) in [7, 11) is 0. The Labute approximate surface area is 122 Å². The molecule has 104 valence electrons. The van der Waals surface area contributed by atoms with Gasteiger partial charge in [-0.25, -0.2) is 4.39 Å². The Morgan fingerprint density at radius 2 is 1.86 bits per heavy atom. The van der Waals surface area contributed by atoms with Crippen LogP contribution in [0, 0.1) is 5.82 Å². The number of nitrogens with zero attached hydrogens (tertiary/aromatic N) is 1. The average Bonchev–Trinajstić information content (AvgIpc) is 2.53. The van der Waals surface area contributed by atoms with Crippen LogP contribution in [0.2, 0.25) is 0 Å². The van der Waals surface area contributed by atoms with Gasteiger partial charge in [0.15, 0.2) is 0 Å². The molecule has 1 aromatic heterocycles. The van der Waals surface area contributed by atoms with E-state index >= 15 is 0 Å². The highest BCUT2D eigenvalue weighted by atomic mass is 19.1. The number of rotatable bonds is 4. The Hall–Kier alpha value is -2.68. The third-order valence-electron chi connectivity index (χ3n) is 3.13. The molecule has 0 aliphatic heterocycles. The van der Waals surface area contributed by atoms with Crippen LogP contribution in [-0.2, 0) is 0 Å². The lowest BCUT2D eigenvalue weighted by Gasteiger charge is -2.07. The highest BCUT2D eigenvalue weighted by Crippen LogP contribution is 2.25. The van der Waals surface area contributed by atoms with Crippen LogP contribution >= 0.6 is 0 Å². The number of aromatic nitrogens is 1. The van der Waals surface area contributed by atoms with Crippen molar-refractivity contribution in [1.29, 1.82) is 0 Å². The second kappa shape index (κ2) is 6.18. The molecule has 3 heteroatoms. The van der Waals surface area contributed by atoms with Crippen LogP contribution in [0.25, 0.3) is 17.0 Å². The second-order valence-electron chi connectivity index (χ2n) is 4.57. The fourth-order valence-corrected chi connectivity index (χ4v) is 2.13. The van der Waals surface area contributed by atoms with E-state index in [0.717, 1.165) is 5.56 Å². The SMILES string of the molecule is Fc1cccc2c(OC/C=C/c3ccccc3)ccnc12. The molecule has 0 amide bonds. The maximum absolute atomic E-state index is 13.6. The molecule has 0 saturated carbocycles. The number of ether oxygens (including phenoxy) is 1. The monoisotopic (exact) mass is 279 g/mol. The molecule has 0 unspecified atom stereocenters. The van der Waals surface area contributed by atoms with E-state index in [1.54, 1.807) is 18.3 Å². The van der Waals surface area contributed by atoms with Gasteiger partial charge in [-0.15, -0.1) is 0 Å². The van der Waals surface area contributed by atoms with Gasteiger partial charge < -0.3 is 4.74 Å². The van der Waals surface area contributed by atoms with Crippen molar-refractivity contribution in [3.63, 3.8) is 0 Å². The zero-order valence-electron chi connectivity index (χ0n) is 11.4. The number of pyridine rings is 1. The van der Waals surface area contributed by atoms with E-state index in [2.05, 4.69) is 4.98 Å². The van der Waals surface area contributed by atoms with Gasteiger partial charge in [-0.3, -0.25) is 4.98 Å². The Kier molecular flexibility index (Phi) is 3.92. The van der Waals surface area contributed by atoms with E-state index in [9.17, 15) is 4.39 Å². The van der Waals surface area contributed by atoms with Crippen molar-refractivity contribution in [3.8, 4) is 5.75 Å². The first kappa shape index (κ1) is 13.3. The quantitative estimate of drug-likeness (QED) is 0.703. The predicted octanol–water partition coefficient (Wildman–Crippen LogP) is 4.47. The van der Waals surface area contributed by atoms with Crippen LogP contribution < -0.4 is 4.74 Å². The number of benzene rings is 2. The fraction of sp³-hybridized carbons (Fsp3) is 0.0556. The molecule has 0 atom stereocenters. The van der Waals surface area contributed by atoms with Gasteiger partial charge in [0.05, 0.1) is 0 Å². The van der Waals surface area contributed by atoms with Crippen molar-refractivity contribution < 1.29 is 9.13 Å². The van der Waals surface area contributed by atoms with Crippen molar-refractivity contribution >= 4 is 17.0 Å². The number of para-hydroxylation sites is 1. The minimum atomic E-state index is -0.335. The molecular weight excluding hydrogens is 265 g/mol. The summed E-state index contributed by atoms with van der Waals surface area (Å²) < 4.78 is 19.3. The van der Waals surface area contributed by atoms with Crippen molar-refractivity contribution in [2.75, 3.05) is 6.61 Å². The Balaban J connectivity index is 1.74. The van der Waals surface area contributed by atoms with E-state index in [1.165, 1.54) is 6.07 Å². The maximum atomic E-state index is 13.6. The third kappa shape index (κ3) is 3.08. The Bertz CT molecular complexity index is 769. The molecule has 2 nitrogen and oxygen atoms in total. The van der Waals surface area contributed by atoms with E-state index < -0.39 is 0 Å². The molecular formula is C18H14FNO. The molecule has 0 aliphatic carbocycles. The lowest BCUT2D eigenvalue weighted by Crippen LogP contribution is -1.95.